The SMILES string of the molecule is Cc1ccc2c(C3(CN)CCCC3)c(C)[nH]c2c1. The molecule has 96 valence electrons. The molecule has 1 aliphatic rings. The van der Waals surface area contributed by atoms with Crippen LogP contribution in [0.2, 0.25) is 0 Å². The molecule has 1 fully saturated rings. The number of aryl methyl sites for hydroxylation is 2. The summed E-state index contributed by atoms with van der Waals surface area (Å²) in [7, 11) is 0. The fourth-order valence-corrected chi connectivity index (χ4v) is 3.74. The van der Waals surface area contributed by atoms with Gasteiger partial charge < -0.3 is 10.7 Å². The summed E-state index contributed by atoms with van der Waals surface area (Å²) in [5, 5.41) is 1.38. The van der Waals surface area contributed by atoms with E-state index in [1.165, 1.54) is 53.4 Å². The average Bonchev–Trinajstić information content (AvgIpc) is 2.92. The number of aromatic amines is 1. The molecule has 3 rings (SSSR count). The topological polar surface area (TPSA) is 41.8 Å². The Bertz CT molecular complexity index is 574. The number of aromatic nitrogens is 1. The van der Waals surface area contributed by atoms with Gasteiger partial charge in [0, 0.05) is 28.6 Å². The predicted octanol–water partition coefficient (Wildman–Crippen LogP) is 3.56. The van der Waals surface area contributed by atoms with Crippen LogP contribution in [0.4, 0.5) is 0 Å². The summed E-state index contributed by atoms with van der Waals surface area (Å²) < 4.78 is 0. The van der Waals surface area contributed by atoms with Crippen molar-refractivity contribution >= 4 is 10.9 Å². The Morgan fingerprint density at radius 2 is 1.94 bits per heavy atom. The van der Waals surface area contributed by atoms with Gasteiger partial charge in [-0.25, -0.2) is 0 Å². The molecular formula is C16H22N2. The van der Waals surface area contributed by atoms with Crippen LogP contribution in [0, 0.1) is 13.8 Å². The van der Waals surface area contributed by atoms with Crippen molar-refractivity contribution in [1.29, 1.82) is 0 Å². The molecule has 0 atom stereocenters. The van der Waals surface area contributed by atoms with E-state index in [1.54, 1.807) is 0 Å². The highest BCUT2D eigenvalue weighted by molar-refractivity contribution is 5.86. The van der Waals surface area contributed by atoms with Crippen LogP contribution in [0.25, 0.3) is 10.9 Å². The van der Waals surface area contributed by atoms with Crippen LogP contribution >= 0.6 is 0 Å². The second-order valence-corrected chi connectivity index (χ2v) is 5.87. The molecule has 2 heteroatoms. The second-order valence-electron chi connectivity index (χ2n) is 5.87. The molecule has 1 aromatic carbocycles. The number of H-pyrrole nitrogens is 1. The van der Waals surface area contributed by atoms with Crippen LogP contribution in [-0.2, 0) is 5.41 Å². The van der Waals surface area contributed by atoms with Gasteiger partial charge in [0.05, 0.1) is 0 Å². The Morgan fingerprint density at radius 1 is 1.22 bits per heavy atom. The van der Waals surface area contributed by atoms with Crippen molar-refractivity contribution in [3.63, 3.8) is 0 Å². The van der Waals surface area contributed by atoms with Crippen LogP contribution in [0.3, 0.4) is 0 Å². The van der Waals surface area contributed by atoms with Gasteiger partial charge in [-0.2, -0.15) is 0 Å². The summed E-state index contributed by atoms with van der Waals surface area (Å²) in [6.07, 6.45) is 5.11. The Kier molecular flexibility index (Phi) is 2.70. The van der Waals surface area contributed by atoms with E-state index in [9.17, 15) is 0 Å². The summed E-state index contributed by atoms with van der Waals surface area (Å²) in [5.74, 6) is 0. The molecular weight excluding hydrogens is 220 g/mol. The largest absolute Gasteiger partial charge is 0.358 e. The van der Waals surface area contributed by atoms with Crippen molar-refractivity contribution in [2.45, 2.75) is 44.9 Å². The van der Waals surface area contributed by atoms with E-state index in [0.29, 0.717) is 0 Å². The molecule has 3 N–H and O–H groups in total. The number of hydrogen-bond donors (Lipinski definition) is 2. The van der Waals surface area contributed by atoms with Crippen molar-refractivity contribution in [1.82, 2.24) is 4.98 Å². The Hall–Kier alpha value is -1.28. The normalized spacial score (nSPS) is 18.6. The monoisotopic (exact) mass is 242 g/mol. The van der Waals surface area contributed by atoms with Crippen LogP contribution in [0.5, 0.6) is 0 Å². The zero-order chi connectivity index (χ0) is 12.8. The zero-order valence-electron chi connectivity index (χ0n) is 11.3. The highest BCUT2D eigenvalue weighted by Crippen LogP contribution is 2.44. The molecule has 1 heterocycles. The summed E-state index contributed by atoms with van der Waals surface area (Å²) in [4.78, 5) is 3.55. The van der Waals surface area contributed by atoms with E-state index >= 15 is 0 Å². The van der Waals surface area contributed by atoms with Gasteiger partial charge in [-0.3, -0.25) is 0 Å². The molecule has 0 saturated heterocycles. The number of benzene rings is 1. The lowest BCUT2D eigenvalue weighted by molar-refractivity contribution is 0.454. The van der Waals surface area contributed by atoms with E-state index in [-0.39, 0.29) is 5.41 Å². The second kappa shape index (κ2) is 4.13. The molecule has 18 heavy (non-hydrogen) atoms. The van der Waals surface area contributed by atoms with Gasteiger partial charge in [0.1, 0.15) is 0 Å². The number of nitrogens with one attached hydrogen (secondary N) is 1. The quantitative estimate of drug-likeness (QED) is 0.830. The lowest BCUT2D eigenvalue weighted by Gasteiger charge is -2.28. The van der Waals surface area contributed by atoms with Crippen molar-refractivity contribution in [3.8, 4) is 0 Å². The molecule has 0 bridgehead atoms. The summed E-state index contributed by atoms with van der Waals surface area (Å²) in [6, 6.07) is 6.71. The standard InChI is InChI=1S/C16H22N2/c1-11-5-6-13-14(9-11)18-12(2)15(13)16(10-17)7-3-4-8-16/h5-6,9,18H,3-4,7-8,10,17H2,1-2H3. The van der Waals surface area contributed by atoms with Gasteiger partial charge in [0.25, 0.3) is 0 Å². The minimum Gasteiger partial charge on any atom is -0.358 e. The molecule has 0 spiro atoms. The lowest BCUT2D eigenvalue weighted by Crippen LogP contribution is -2.32. The molecule has 1 saturated carbocycles. The van der Waals surface area contributed by atoms with Gasteiger partial charge in [0.15, 0.2) is 0 Å². The van der Waals surface area contributed by atoms with Crippen molar-refractivity contribution in [3.05, 3.63) is 35.0 Å². The summed E-state index contributed by atoms with van der Waals surface area (Å²) >= 11 is 0. The van der Waals surface area contributed by atoms with Crippen LogP contribution in [0.15, 0.2) is 18.2 Å². The van der Waals surface area contributed by atoms with Crippen LogP contribution < -0.4 is 5.73 Å². The molecule has 1 aromatic heterocycles. The molecule has 2 nitrogen and oxygen atoms in total. The van der Waals surface area contributed by atoms with Gasteiger partial charge in [-0.1, -0.05) is 25.0 Å². The molecule has 0 amide bonds. The first kappa shape index (κ1) is 11.8. The molecule has 0 aliphatic heterocycles. The fraction of sp³-hybridized carbons (Fsp3) is 0.500. The molecule has 0 unspecified atom stereocenters. The fourth-order valence-electron chi connectivity index (χ4n) is 3.74. The van der Waals surface area contributed by atoms with Gasteiger partial charge >= 0.3 is 0 Å². The molecule has 2 aromatic rings. The number of hydrogen-bond acceptors (Lipinski definition) is 1. The molecule has 0 radical (unpaired) electrons. The maximum absolute atomic E-state index is 6.14. The van der Waals surface area contributed by atoms with E-state index in [0.717, 1.165) is 6.54 Å². The highest BCUT2D eigenvalue weighted by atomic mass is 14.7. The van der Waals surface area contributed by atoms with Gasteiger partial charge in [0.2, 0.25) is 0 Å². The predicted molar refractivity (Wildman–Crippen MR) is 77.0 cm³/mol. The maximum atomic E-state index is 6.14. The van der Waals surface area contributed by atoms with Gasteiger partial charge in [-0.15, -0.1) is 0 Å². The van der Waals surface area contributed by atoms with E-state index in [2.05, 4.69) is 37.0 Å². The number of fused-ring (bicyclic) bond motifs is 1. The first-order valence-electron chi connectivity index (χ1n) is 6.96. The number of rotatable bonds is 2. The first-order chi connectivity index (χ1) is 8.66. The Morgan fingerprint density at radius 3 is 2.61 bits per heavy atom. The lowest BCUT2D eigenvalue weighted by atomic mass is 9.77. The van der Waals surface area contributed by atoms with Gasteiger partial charge in [-0.05, 0) is 43.9 Å². The minimum atomic E-state index is 0.220. The highest BCUT2D eigenvalue weighted by Gasteiger charge is 2.37. The Balaban J connectivity index is 2.24. The minimum absolute atomic E-state index is 0.220. The molecule has 1 aliphatic carbocycles. The number of nitrogens with two attached hydrogens (primary N) is 1. The average molecular weight is 242 g/mol. The smallest absolute Gasteiger partial charge is 0.0461 e. The van der Waals surface area contributed by atoms with Crippen molar-refractivity contribution < 1.29 is 0 Å². The first-order valence-corrected chi connectivity index (χ1v) is 6.96. The third-order valence-electron chi connectivity index (χ3n) is 4.62. The third-order valence-corrected chi connectivity index (χ3v) is 4.62. The van der Waals surface area contributed by atoms with Crippen molar-refractivity contribution in [2.24, 2.45) is 5.73 Å². The van der Waals surface area contributed by atoms with Crippen LogP contribution in [0.1, 0.15) is 42.5 Å². The van der Waals surface area contributed by atoms with Crippen molar-refractivity contribution in [2.75, 3.05) is 6.54 Å². The van der Waals surface area contributed by atoms with E-state index in [4.69, 9.17) is 5.73 Å². The van der Waals surface area contributed by atoms with E-state index < -0.39 is 0 Å². The summed E-state index contributed by atoms with van der Waals surface area (Å²) in [6.45, 7) is 5.11. The van der Waals surface area contributed by atoms with E-state index in [1.807, 2.05) is 0 Å². The van der Waals surface area contributed by atoms with Crippen LogP contribution in [-0.4, -0.2) is 11.5 Å². The Labute approximate surface area is 109 Å². The zero-order valence-corrected chi connectivity index (χ0v) is 11.3. The maximum Gasteiger partial charge on any atom is 0.0461 e. The third kappa shape index (κ3) is 1.59. The summed E-state index contributed by atoms with van der Waals surface area (Å²) in [5.41, 5.74) is 11.7.